The minimum atomic E-state index is -0.364. The molecule has 0 amide bonds. The lowest BCUT2D eigenvalue weighted by molar-refractivity contribution is 0.00578. The van der Waals surface area contributed by atoms with E-state index in [1.807, 2.05) is 50.2 Å². The number of imidazole rings is 3. The zero-order valence-corrected chi connectivity index (χ0v) is 66.4. The highest BCUT2D eigenvalue weighted by molar-refractivity contribution is 6.62. The maximum Gasteiger partial charge on any atom is 0.494 e. The summed E-state index contributed by atoms with van der Waals surface area (Å²) in [5, 5.41) is 0. The SMILES string of the molecule is C.CC1(C)OB(c2ccc(-c3nc4ccccc4n3-c3ccccc3)cc2)OC1(C)C.CC1(C)c2ccccc2-c2ccc(-c3nc(-c4ccc(-c5nc6ccccc6n5-c5ccccc5)cc4)nc(-c4ccc(-c5nc6ccccc6n5-c5ccccc5)cc4)n3)cc21.Cc1nc(C)nc(-c2ccc3c(c2)C(C)(C)c2ccccc2-3)n1. The molecule has 0 radical (unpaired) electrons. The number of para-hydroxylation sites is 9. The number of benzene rings is 13. The van der Waals surface area contributed by atoms with Crippen LogP contribution >= 0.6 is 0 Å². The summed E-state index contributed by atoms with van der Waals surface area (Å²) in [5.41, 5.74) is 26.7. The van der Waals surface area contributed by atoms with Gasteiger partial charge in [0.05, 0.1) is 44.3 Å². The normalized spacial score (nSPS) is 14.2. The Balaban J connectivity index is 0.000000144. The Morgan fingerprint density at radius 1 is 0.256 bits per heavy atom. The molecule has 0 N–H and O–H groups in total. The molecule has 6 heterocycles. The largest absolute Gasteiger partial charge is 0.494 e. The van der Waals surface area contributed by atoms with E-state index < -0.39 is 0 Å². The molecular weight excluding hydrogens is 1440 g/mol. The summed E-state index contributed by atoms with van der Waals surface area (Å²) in [4.78, 5) is 44.0. The first kappa shape index (κ1) is 74.7. The number of rotatable bonds is 11. The number of aryl methyl sites for hydroxylation is 2. The average Bonchev–Trinajstić information content (AvgIpc) is 1.57. The number of fused-ring (bicyclic) bond motifs is 9. The minimum absolute atomic E-state index is 0. The molecule has 3 aliphatic rings. The summed E-state index contributed by atoms with van der Waals surface area (Å²) in [5.74, 6) is 6.74. The second-order valence-electron chi connectivity index (χ2n) is 32.1. The van der Waals surface area contributed by atoms with Crippen molar-refractivity contribution in [3.8, 4) is 119 Å². The lowest BCUT2D eigenvalue weighted by Crippen LogP contribution is -2.41. The van der Waals surface area contributed by atoms with Gasteiger partial charge in [0.15, 0.2) is 23.3 Å². The van der Waals surface area contributed by atoms with E-state index in [4.69, 9.17) is 39.2 Å². The maximum absolute atomic E-state index is 6.19. The first-order chi connectivity index (χ1) is 56.3. The molecular formula is C102H87BN12O2. The minimum Gasteiger partial charge on any atom is -0.399 e. The molecule has 13 aromatic carbocycles. The fourth-order valence-electron chi connectivity index (χ4n) is 16.7. The fraction of sp³-hybridized carbons (Fsp3) is 0.147. The zero-order valence-electron chi connectivity index (χ0n) is 66.4. The van der Waals surface area contributed by atoms with Crippen molar-refractivity contribution < 1.29 is 9.31 Å². The van der Waals surface area contributed by atoms with Crippen molar-refractivity contribution in [1.29, 1.82) is 0 Å². The highest BCUT2D eigenvalue weighted by Crippen LogP contribution is 2.51. The average molecular weight is 1520 g/mol. The van der Waals surface area contributed by atoms with E-state index >= 15 is 0 Å². The van der Waals surface area contributed by atoms with Crippen molar-refractivity contribution >= 4 is 45.7 Å². The molecule has 5 aromatic heterocycles. The van der Waals surface area contributed by atoms with Crippen LogP contribution in [-0.2, 0) is 20.1 Å². The molecule has 1 saturated heterocycles. The highest BCUT2D eigenvalue weighted by atomic mass is 16.7. The quantitative estimate of drug-likeness (QED) is 0.114. The van der Waals surface area contributed by atoms with Gasteiger partial charge in [-0.3, -0.25) is 13.7 Å². The molecule has 21 rings (SSSR count). The standard InChI is InChI=1S/C56H39N7.C25H25BN2O2.C20H19N3.CH4/c1-56(2)45-20-10-9-19-43(45)44-34-33-40(35-46(44)56)53-60-51(36-25-29-38(30-26-36)54-57-47-21-11-13-23-49(47)62(54)41-15-5-3-6-16-41)59-52(61-53)37-27-31-39(32-28-37)55-58-48-22-12-14-24-50(48)63(55)42-17-7-4-8-18-42;1-24(2)25(3,4)30-26(29-24)19-16-14-18(15-17-19)23-27-21-12-8-9-13-22(21)28(23)20-10-6-5-7-11-20;1-12-21-13(2)23-19(22-12)14-9-10-16-15-7-5-6-8-17(15)20(3,4)18(16)11-14;/h3-35H,1-2H3;5-17H,1-4H3;5-11H,1-4H3;1H4. The third-order valence-electron chi connectivity index (χ3n) is 23.4. The van der Waals surface area contributed by atoms with Crippen molar-refractivity contribution in [2.75, 3.05) is 0 Å². The van der Waals surface area contributed by atoms with Crippen LogP contribution in [0.2, 0.25) is 0 Å². The van der Waals surface area contributed by atoms with Gasteiger partial charge in [0, 0.05) is 66.8 Å². The molecule has 0 saturated carbocycles. The molecule has 18 aromatic rings. The van der Waals surface area contributed by atoms with Crippen LogP contribution in [0.15, 0.2) is 322 Å². The van der Waals surface area contributed by atoms with Crippen LogP contribution in [0, 0.1) is 13.8 Å². The van der Waals surface area contributed by atoms with E-state index in [0.717, 1.165) is 130 Å². The lowest BCUT2D eigenvalue weighted by atomic mass is 9.79. The second kappa shape index (κ2) is 29.6. The van der Waals surface area contributed by atoms with Crippen molar-refractivity contribution in [3.63, 3.8) is 0 Å². The molecule has 0 spiro atoms. The van der Waals surface area contributed by atoms with E-state index in [-0.39, 0.29) is 36.6 Å². The molecule has 1 aliphatic heterocycles. The lowest BCUT2D eigenvalue weighted by Gasteiger charge is -2.32. The molecule has 0 atom stereocenters. The first-order valence-corrected chi connectivity index (χ1v) is 39.5. The van der Waals surface area contributed by atoms with Crippen molar-refractivity contribution in [2.24, 2.45) is 0 Å². The van der Waals surface area contributed by atoms with Crippen molar-refractivity contribution in [1.82, 2.24) is 58.6 Å². The summed E-state index contributed by atoms with van der Waals surface area (Å²) in [6.45, 7) is 21.3. The van der Waals surface area contributed by atoms with Gasteiger partial charge in [-0.25, -0.2) is 44.9 Å². The summed E-state index contributed by atoms with van der Waals surface area (Å²) >= 11 is 0. The van der Waals surface area contributed by atoms with Gasteiger partial charge in [-0.1, -0.05) is 272 Å². The van der Waals surface area contributed by atoms with Crippen LogP contribution in [0.5, 0.6) is 0 Å². The predicted molar refractivity (Wildman–Crippen MR) is 475 cm³/mol. The monoisotopic (exact) mass is 1520 g/mol. The van der Waals surface area contributed by atoms with E-state index in [9.17, 15) is 0 Å². The summed E-state index contributed by atoms with van der Waals surface area (Å²) in [7, 11) is -0.364. The zero-order chi connectivity index (χ0) is 79.2. The molecule has 117 heavy (non-hydrogen) atoms. The van der Waals surface area contributed by atoms with Crippen molar-refractivity contribution in [3.05, 3.63) is 355 Å². The Morgan fingerprint density at radius 3 is 0.906 bits per heavy atom. The van der Waals surface area contributed by atoms with Gasteiger partial charge in [-0.2, -0.15) is 0 Å². The summed E-state index contributed by atoms with van der Waals surface area (Å²) in [6, 6.07) is 112. The Labute approximate surface area is 682 Å². The van der Waals surface area contributed by atoms with E-state index in [1.165, 1.54) is 44.5 Å². The van der Waals surface area contributed by atoms with E-state index in [1.54, 1.807) is 0 Å². The van der Waals surface area contributed by atoms with E-state index in [0.29, 0.717) is 17.5 Å². The molecule has 0 unspecified atom stereocenters. The highest BCUT2D eigenvalue weighted by Gasteiger charge is 2.52. The number of hydrogen-bond acceptors (Lipinski definition) is 11. The van der Waals surface area contributed by atoms with E-state index in [2.05, 4.69) is 369 Å². The van der Waals surface area contributed by atoms with Crippen LogP contribution in [0.25, 0.3) is 152 Å². The van der Waals surface area contributed by atoms with Crippen LogP contribution in [-0.4, -0.2) is 76.9 Å². The molecule has 15 heteroatoms. The Kier molecular flexibility index (Phi) is 18.9. The molecule has 1 fully saturated rings. The van der Waals surface area contributed by atoms with Gasteiger partial charge < -0.3 is 9.31 Å². The van der Waals surface area contributed by atoms with Gasteiger partial charge in [0.2, 0.25) is 0 Å². The number of aromatic nitrogens is 12. The maximum atomic E-state index is 6.19. The molecule has 2 aliphatic carbocycles. The smallest absolute Gasteiger partial charge is 0.399 e. The predicted octanol–water partition coefficient (Wildman–Crippen LogP) is 23.3. The van der Waals surface area contributed by atoms with Crippen LogP contribution in [0.1, 0.15) is 96.7 Å². The van der Waals surface area contributed by atoms with Gasteiger partial charge >= 0.3 is 7.12 Å². The third-order valence-corrected chi connectivity index (χ3v) is 23.4. The Hall–Kier alpha value is -13.7. The van der Waals surface area contributed by atoms with Crippen molar-refractivity contribution in [2.45, 2.75) is 98.7 Å². The topological polar surface area (TPSA) is 149 Å². The summed E-state index contributed by atoms with van der Waals surface area (Å²) < 4.78 is 19.0. The van der Waals surface area contributed by atoms with Gasteiger partial charge in [-0.05, 0) is 176 Å². The number of nitrogens with zero attached hydrogens (tertiary/aromatic N) is 12. The van der Waals surface area contributed by atoms with Crippen LogP contribution in [0.4, 0.5) is 0 Å². The second-order valence-corrected chi connectivity index (χ2v) is 32.1. The Morgan fingerprint density at radius 2 is 0.538 bits per heavy atom. The van der Waals surface area contributed by atoms with Crippen LogP contribution in [0.3, 0.4) is 0 Å². The third kappa shape index (κ3) is 13.5. The fourth-order valence-corrected chi connectivity index (χ4v) is 16.7. The van der Waals surface area contributed by atoms with Gasteiger partial charge in [0.25, 0.3) is 0 Å². The first-order valence-electron chi connectivity index (χ1n) is 39.5. The molecule has 0 bridgehead atoms. The van der Waals surface area contributed by atoms with Gasteiger partial charge in [-0.15, -0.1) is 0 Å². The van der Waals surface area contributed by atoms with Crippen LogP contribution < -0.4 is 5.46 Å². The number of hydrogen-bond donors (Lipinski definition) is 0. The molecule has 14 nitrogen and oxygen atoms in total. The summed E-state index contributed by atoms with van der Waals surface area (Å²) in [6.07, 6.45) is 0. The Bertz CT molecular complexity index is 6580. The molecule has 570 valence electrons. The van der Waals surface area contributed by atoms with Gasteiger partial charge in [0.1, 0.15) is 29.1 Å².